The van der Waals surface area contributed by atoms with Crippen molar-refractivity contribution in [2.45, 2.75) is 64.8 Å². The van der Waals surface area contributed by atoms with Gasteiger partial charge in [0.15, 0.2) is 0 Å². The van der Waals surface area contributed by atoms with Crippen LogP contribution in [0.2, 0.25) is 0 Å². The van der Waals surface area contributed by atoms with Gasteiger partial charge in [-0.1, -0.05) is 51.7 Å². The van der Waals surface area contributed by atoms with Crippen molar-refractivity contribution < 1.29 is 4.39 Å². The highest BCUT2D eigenvalue weighted by atomic mass is 79.9. The minimum Gasteiger partial charge on any atom is -0.314 e. The molecule has 0 saturated carbocycles. The molecule has 1 aromatic carbocycles. The molecule has 0 bridgehead atoms. The van der Waals surface area contributed by atoms with Crippen LogP contribution in [0.4, 0.5) is 4.39 Å². The first kappa shape index (κ1) is 17.6. The van der Waals surface area contributed by atoms with Crippen LogP contribution >= 0.6 is 15.9 Å². The fourth-order valence-corrected chi connectivity index (χ4v) is 2.84. The van der Waals surface area contributed by atoms with Gasteiger partial charge in [0.2, 0.25) is 0 Å². The molecule has 0 amide bonds. The summed E-state index contributed by atoms with van der Waals surface area (Å²) in [6, 6.07) is 5.76. The van der Waals surface area contributed by atoms with Crippen LogP contribution in [-0.4, -0.2) is 12.6 Å². The Morgan fingerprint density at radius 2 is 1.95 bits per heavy atom. The molecule has 0 aliphatic carbocycles. The molecule has 0 spiro atoms. The highest BCUT2D eigenvalue weighted by molar-refractivity contribution is 9.10. The van der Waals surface area contributed by atoms with E-state index in [0.29, 0.717) is 10.5 Å². The molecule has 0 aliphatic rings. The average Bonchev–Trinajstić information content (AvgIpc) is 2.45. The molecule has 1 nitrogen and oxygen atoms in total. The zero-order chi connectivity index (χ0) is 14.8. The molecular weight excluding hydrogens is 317 g/mol. The average molecular weight is 344 g/mol. The van der Waals surface area contributed by atoms with Gasteiger partial charge in [-0.3, -0.25) is 0 Å². The number of rotatable bonds is 10. The van der Waals surface area contributed by atoms with Crippen LogP contribution < -0.4 is 5.32 Å². The maximum Gasteiger partial charge on any atom is 0.137 e. The third kappa shape index (κ3) is 6.36. The molecule has 1 unspecified atom stereocenters. The fraction of sp³-hybridized carbons (Fsp3) is 0.647. The Morgan fingerprint density at radius 1 is 1.15 bits per heavy atom. The van der Waals surface area contributed by atoms with Gasteiger partial charge in [-0.2, -0.15) is 0 Å². The molecule has 1 N–H and O–H groups in total. The smallest absolute Gasteiger partial charge is 0.137 e. The van der Waals surface area contributed by atoms with E-state index in [1.807, 2.05) is 6.07 Å². The van der Waals surface area contributed by atoms with Gasteiger partial charge in [0.05, 0.1) is 4.47 Å². The Bertz CT molecular complexity index is 381. The molecule has 3 heteroatoms. The summed E-state index contributed by atoms with van der Waals surface area (Å²) in [4.78, 5) is 0. The van der Waals surface area contributed by atoms with Crippen LogP contribution in [0.15, 0.2) is 22.7 Å². The number of nitrogens with one attached hydrogen (secondary N) is 1. The van der Waals surface area contributed by atoms with Crippen molar-refractivity contribution >= 4 is 15.9 Å². The summed E-state index contributed by atoms with van der Waals surface area (Å²) in [5.74, 6) is -0.164. The minimum atomic E-state index is -0.164. The van der Waals surface area contributed by atoms with Gasteiger partial charge in [-0.05, 0) is 53.4 Å². The van der Waals surface area contributed by atoms with E-state index >= 15 is 0 Å². The van der Waals surface area contributed by atoms with Crippen LogP contribution in [-0.2, 0) is 6.42 Å². The van der Waals surface area contributed by atoms with E-state index in [4.69, 9.17) is 0 Å². The first-order valence-electron chi connectivity index (χ1n) is 7.85. The first-order valence-corrected chi connectivity index (χ1v) is 8.64. The zero-order valence-electron chi connectivity index (χ0n) is 12.7. The van der Waals surface area contributed by atoms with E-state index in [9.17, 15) is 4.39 Å². The van der Waals surface area contributed by atoms with Gasteiger partial charge in [-0.15, -0.1) is 0 Å². The molecule has 0 fully saturated rings. The van der Waals surface area contributed by atoms with E-state index in [0.717, 1.165) is 24.9 Å². The van der Waals surface area contributed by atoms with Crippen molar-refractivity contribution in [2.24, 2.45) is 0 Å². The number of hydrogen-bond acceptors (Lipinski definition) is 1. The number of unbranched alkanes of at least 4 members (excludes halogenated alkanes) is 3. The van der Waals surface area contributed by atoms with Crippen LogP contribution in [0, 0.1) is 5.82 Å². The molecule has 0 saturated heterocycles. The predicted molar refractivity (Wildman–Crippen MR) is 88.6 cm³/mol. The Kier molecular flexibility index (Phi) is 9.12. The van der Waals surface area contributed by atoms with Crippen LogP contribution in [0.25, 0.3) is 0 Å². The first-order chi connectivity index (χ1) is 9.69. The van der Waals surface area contributed by atoms with Crippen LogP contribution in [0.5, 0.6) is 0 Å². The summed E-state index contributed by atoms with van der Waals surface area (Å²) in [6.07, 6.45) is 8.32. The topological polar surface area (TPSA) is 12.0 Å². The second-order valence-electron chi connectivity index (χ2n) is 5.42. The van der Waals surface area contributed by atoms with E-state index in [2.05, 4.69) is 35.1 Å². The maximum atomic E-state index is 13.6. The third-order valence-electron chi connectivity index (χ3n) is 3.59. The molecule has 1 aromatic rings. The second kappa shape index (κ2) is 10.3. The van der Waals surface area contributed by atoms with Crippen LogP contribution in [0.1, 0.15) is 57.9 Å². The van der Waals surface area contributed by atoms with Gasteiger partial charge in [-0.25, -0.2) is 4.39 Å². The lowest BCUT2D eigenvalue weighted by Crippen LogP contribution is -2.32. The monoisotopic (exact) mass is 343 g/mol. The lowest BCUT2D eigenvalue weighted by atomic mass is 9.99. The maximum absolute atomic E-state index is 13.6. The third-order valence-corrected chi connectivity index (χ3v) is 4.48. The largest absolute Gasteiger partial charge is 0.314 e. The Labute approximate surface area is 131 Å². The summed E-state index contributed by atoms with van der Waals surface area (Å²) in [6.45, 7) is 5.45. The van der Waals surface area contributed by atoms with E-state index < -0.39 is 0 Å². The van der Waals surface area contributed by atoms with Gasteiger partial charge in [0.1, 0.15) is 5.82 Å². The SMILES string of the molecule is CCCCCCC(Cc1cccc(F)c1Br)NCCC. The molecule has 0 aliphatic heterocycles. The standard InChI is InChI=1S/C17H27BrFN/c1-3-5-6-7-10-15(20-12-4-2)13-14-9-8-11-16(19)17(14)18/h8-9,11,15,20H,3-7,10,12-13H2,1-2H3. The van der Waals surface area contributed by atoms with Crippen molar-refractivity contribution in [3.63, 3.8) is 0 Å². The highest BCUT2D eigenvalue weighted by Crippen LogP contribution is 2.22. The molecule has 20 heavy (non-hydrogen) atoms. The lowest BCUT2D eigenvalue weighted by Gasteiger charge is -2.19. The molecule has 1 atom stereocenters. The van der Waals surface area contributed by atoms with Gasteiger partial charge >= 0.3 is 0 Å². The molecule has 0 heterocycles. The van der Waals surface area contributed by atoms with E-state index in [1.54, 1.807) is 6.07 Å². The Hall–Kier alpha value is -0.410. The van der Waals surface area contributed by atoms with Crippen molar-refractivity contribution in [3.8, 4) is 0 Å². The normalized spacial score (nSPS) is 12.6. The minimum absolute atomic E-state index is 0.164. The number of benzene rings is 1. The van der Waals surface area contributed by atoms with Crippen molar-refractivity contribution in [1.29, 1.82) is 0 Å². The summed E-state index contributed by atoms with van der Waals surface area (Å²) >= 11 is 3.37. The van der Waals surface area contributed by atoms with Gasteiger partial charge in [0.25, 0.3) is 0 Å². The molecule has 0 aromatic heterocycles. The lowest BCUT2D eigenvalue weighted by molar-refractivity contribution is 0.451. The van der Waals surface area contributed by atoms with Crippen LogP contribution in [0.3, 0.4) is 0 Å². The van der Waals surface area contributed by atoms with Crippen molar-refractivity contribution in [3.05, 3.63) is 34.1 Å². The second-order valence-corrected chi connectivity index (χ2v) is 6.21. The summed E-state index contributed by atoms with van der Waals surface area (Å²) in [7, 11) is 0. The molecule has 0 radical (unpaired) electrons. The Balaban J connectivity index is 2.56. The summed E-state index contributed by atoms with van der Waals surface area (Å²) in [5, 5.41) is 3.60. The van der Waals surface area contributed by atoms with E-state index in [-0.39, 0.29) is 5.82 Å². The Morgan fingerprint density at radius 3 is 2.65 bits per heavy atom. The van der Waals surface area contributed by atoms with E-state index in [1.165, 1.54) is 38.2 Å². The molecule has 114 valence electrons. The molecular formula is C17H27BrFN. The number of hydrogen-bond donors (Lipinski definition) is 1. The van der Waals surface area contributed by atoms with Crippen molar-refractivity contribution in [2.75, 3.05) is 6.54 Å². The zero-order valence-corrected chi connectivity index (χ0v) is 14.3. The molecule has 1 rings (SSSR count). The predicted octanol–water partition coefficient (Wildman–Crippen LogP) is 5.47. The van der Waals surface area contributed by atoms with Gasteiger partial charge in [0, 0.05) is 6.04 Å². The fourth-order valence-electron chi connectivity index (χ4n) is 2.41. The van der Waals surface area contributed by atoms with Crippen molar-refractivity contribution in [1.82, 2.24) is 5.32 Å². The quantitative estimate of drug-likeness (QED) is 0.555. The summed E-state index contributed by atoms with van der Waals surface area (Å²) < 4.78 is 14.2. The van der Waals surface area contributed by atoms with Gasteiger partial charge < -0.3 is 5.32 Å². The highest BCUT2D eigenvalue weighted by Gasteiger charge is 2.12. The number of halogens is 2. The summed E-state index contributed by atoms with van der Waals surface area (Å²) in [5.41, 5.74) is 1.06.